The van der Waals surface area contributed by atoms with Gasteiger partial charge in [0.25, 0.3) is 0 Å². The summed E-state index contributed by atoms with van der Waals surface area (Å²) in [7, 11) is 1.62. The van der Waals surface area contributed by atoms with Crippen LogP contribution in [0.2, 0.25) is 0 Å². The Bertz CT molecular complexity index is 552. The molecule has 4 N–H and O–H groups in total. The highest BCUT2D eigenvalue weighted by Gasteiger charge is 2.10. The number of nitrogens with zero attached hydrogens (tertiary/aromatic N) is 2. The van der Waals surface area contributed by atoms with Crippen molar-refractivity contribution in [3.8, 4) is 5.75 Å². The molecule has 0 aromatic heterocycles. The molecule has 132 valence electrons. The number of nitrogens with two attached hydrogens (primary N) is 1. The summed E-state index contributed by atoms with van der Waals surface area (Å²) in [5, 5.41) is 10.4. The second kappa shape index (κ2) is 9.93. The SMILES string of the molecule is CN=C(NCCCOc1cccc(CN2CCCCC2)c1)C(=N)N. The molecule has 24 heavy (non-hydrogen) atoms. The van der Waals surface area contributed by atoms with Crippen molar-refractivity contribution in [2.24, 2.45) is 10.7 Å². The highest BCUT2D eigenvalue weighted by atomic mass is 16.5. The first kappa shape index (κ1) is 18.3. The van der Waals surface area contributed by atoms with E-state index < -0.39 is 0 Å². The summed E-state index contributed by atoms with van der Waals surface area (Å²) in [5.41, 5.74) is 6.71. The molecule has 0 aliphatic carbocycles. The molecule has 0 saturated carbocycles. The van der Waals surface area contributed by atoms with Gasteiger partial charge in [-0.15, -0.1) is 0 Å². The van der Waals surface area contributed by atoms with Crippen LogP contribution in [-0.4, -0.2) is 49.9 Å². The zero-order valence-electron chi connectivity index (χ0n) is 14.6. The van der Waals surface area contributed by atoms with Crippen molar-refractivity contribution in [1.82, 2.24) is 10.2 Å². The van der Waals surface area contributed by atoms with Crippen LogP contribution in [0.25, 0.3) is 0 Å². The van der Waals surface area contributed by atoms with Gasteiger partial charge in [0.2, 0.25) is 0 Å². The van der Waals surface area contributed by atoms with Crippen molar-refractivity contribution in [2.45, 2.75) is 32.2 Å². The van der Waals surface area contributed by atoms with Crippen molar-refractivity contribution in [1.29, 1.82) is 5.41 Å². The van der Waals surface area contributed by atoms with Crippen LogP contribution in [0.5, 0.6) is 5.75 Å². The fourth-order valence-electron chi connectivity index (χ4n) is 2.87. The topological polar surface area (TPSA) is 86.7 Å². The molecule has 1 heterocycles. The van der Waals surface area contributed by atoms with Crippen LogP contribution in [0.3, 0.4) is 0 Å². The molecule has 1 aromatic rings. The van der Waals surface area contributed by atoms with Gasteiger partial charge in [0, 0.05) is 20.1 Å². The van der Waals surface area contributed by atoms with Crippen LogP contribution in [0.1, 0.15) is 31.2 Å². The molecule has 0 bridgehead atoms. The van der Waals surface area contributed by atoms with E-state index in [-0.39, 0.29) is 5.84 Å². The van der Waals surface area contributed by atoms with E-state index in [1.165, 1.54) is 37.9 Å². The van der Waals surface area contributed by atoms with E-state index in [2.05, 4.69) is 33.4 Å². The maximum atomic E-state index is 7.35. The van der Waals surface area contributed by atoms with Crippen molar-refractivity contribution >= 4 is 11.7 Å². The predicted molar refractivity (Wildman–Crippen MR) is 99.0 cm³/mol. The Hall–Kier alpha value is -2.08. The summed E-state index contributed by atoms with van der Waals surface area (Å²) in [4.78, 5) is 6.43. The molecule has 6 heteroatoms. The minimum atomic E-state index is -0.0381. The number of ether oxygens (including phenoxy) is 1. The van der Waals surface area contributed by atoms with Gasteiger partial charge in [-0.25, -0.2) is 0 Å². The third-order valence-corrected chi connectivity index (χ3v) is 4.11. The van der Waals surface area contributed by atoms with Crippen molar-refractivity contribution in [2.75, 3.05) is 33.3 Å². The zero-order valence-corrected chi connectivity index (χ0v) is 14.6. The number of likely N-dealkylation sites (tertiary alicyclic amines) is 1. The van der Waals surface area contributed by atoms with Gasteiger partial charge in [0.05, 0.1) is 6.61 Å². The average molecular weight is 331 g/mol. The van der Waals surface area contributed by atoms with Crippen LogP contribution < -0.4 is 15.8 Å². The van der Waals surface area contributed by atoms with Gasteiger partial charge in [0.1, 0.15) is 5.75 Å². The molecule has 2 rings (SSSR count). The molecule has 1 fully saturated rings. The lowest BCUT2D eigenvalue weighted by molar-refractivity contribution is 0.220. The maximum absolute atomic E-state index is 7.35. The zero-order chi connectivity index (χ0) is 17.2. The largest absolute Gasteiger partial charge is 0.494 e. The Labute approximate surface area is 144 Å². The van der Waals surface area contributed by atoms with Crippen molar-refractivity contribution in [3.05, 3.63) is 29.8 Å². The van der Waals surface area contributed by atoms with Crippen LogP contribution >= 0.6 is 0 Å². The van der Waals surface area contributed by atoms with E-state index in [1.807, 2.05) is 6.07 Å². The van der Waals surface area contributed by atoms with E-state index in [0.717, 1.165) is 18.7 Å². The fraction of sp³-hybridized carbons (Fsp3) is 0.556. The molecular formula is C18H29N5O. The fourth-order valence-corrected chi connectivity index (χ4v) is 2.87. The molecule has 1 saturated heterocycles. The summed E-state index contributed by atoms with van der Waals surface area (Å²) in [6, 6.07) is 8.36. The van der Waals surface area contributed by atoms with E-state index in [4.69, 9.17) is 15.9 Å². The first-order chi connectivity index (χ1) is 11.7. The molecule has 0 atom stereocenters. The molecule has 1 aliphatic heterocycles. The number of hydrogen-bond donors (Lipinski definition) is 3. The second-order valence-electron chi connectivity index (χ2n) is 6.10. The normalized spacial score (nSPS) is 16.0. The summed E-state index contributed by atoms with van der Waals surface area (Å²) >= 11 is 0. The number of hydrogen-bond acceptors (Lipinski definition) is 4. The Morgan fingerprint density at radius 2 is 2.12 bits per heavy atom. The van der Waals surface area contributed by atoms with Crippen molar-refractivity contribution in [3.63, 3.8) is 0 Å². The standard InChI is InChI=1S/C18H29N5O/c1-21-18(17(19)20)22-9-6-12-24-16-8-5-7-15(13-16)14-23-10-3-2-4-11-23/h5,7-8,13H,2-4,6,9-12,14H2,1H3,(H3,19,20)(H,21,22). The summed E-state index contributed by atoms with van der Waals surface area (Å²) in [5.74, 6) is 1.31. The molecule has 0 spiro atoms. The van der Waals surface area contributed by atoms with Gasteiger partial charge < -0.3 is 15.8 Å². The number of rotatable bonds is 7. The van der Waals surface area contributed by atoms with Crippen LogP contribution in [0.15, 0.2) is 29.3 Å². The Kier molecular flexibility index (Phi) is 7.55. The number of amidine groups is 2. The molecule has 0 radical (unpaired) electrons. The summed E-state index contributed by atoms with van der Waals surface area (Å²) in [6.45, 7) is 4.71. The quantitative estimate of drug-likeness (QED) is 0.405. The Balaban J connectivity index is 1.71. The Morgan fingerprint density at radius 3 is 2.83 bits per heavy atom. The minimum absolute atomic E-state index is 0.0381. The van der Waals surface area contributed by atoms with Crippen molar-refractivity contribution < 1.29 is 4.74 Å². The maximum Gasteiger partial charge on any atom is 0.163 e. The van der Waals surface area contributed by atoms with Gasteiger partial charge >= 0.3 is 0 Å². The highest BCUT2D eigenvalue weighted by Crippen LogP contribution is 2.17. The monoisotopic (exact) mass is 331 g/mol. The van der Waals surface area contributed by atoms with Gasteiger partial charge in [-0.1, -0.05) is 18.6 Å². The van der Waals surface area contributed by atoms with Gasteiger partial charge in [-0.3, -0.25) is 15.3 Å². The van der Waals surface area contributed by atoms with Gasteiger partial charge in [-0.2, -0.15) is 0 Å². The van der Waals surface area contributed by atoms with Gasteiger partial charge in [-0.05, 0) is 50.0 Å². The third kappa shape index (κ3) is 6.20. The lowest BCUT2D eigenvalue weighted by atomic mass is 10.1. The molecule has 1 aromatic carbocycles. The lowest BCUT2D eigenvalue weighted by Crippen LogP contribution is -2.36. The van der Waals surface area contributed by atoms with E-state index >= 15 is 0 Å². The lowest BCUT2D eigenvalue weighted by Gasteiger charge is -2.26. The summed E-state index contributed by atoms with van der Waals surface area (Å²) < 4.78 is 5.83. The number of piperidine rings is 1. The van der Waals surface area contributed by atoms with Crippen LogP contribution in [-0.2, 0) is 6.54 Å². The van der Waals surface area contributed by atoms with E-state index in [1.54, 1.807) is 7.05 Å². The predicted octanol–water partition coefficient (Wildman–Crippen LogP) is 2.00. The first-order valence-electron chi connectivity index (χ1n) is 8.68. The molecule has 0 unspecified atom stereocenters. The van der Waals surface area contributed by atoms with Crippen LogP contribution in [0, 0.1) is 5.41 Å². The van der Waals surface area contributed by atoms with Crippen LogP contribution in [0.4, 0.5) is 0 Å². The Morgan fingerprint density at radius 1 is 1.33 bits per heavy atom. The number of nitrogens with one attached hydrogen (secondary N) is 2. The first-order valence-corrected chi connectivity index (χ1v) is 8.68. The smallest absolute Gasteiger partial charge is 0.163 e. The molecular weight excluding hydrogens is 302 g/mol. The second-order valence-corrected chi connectivity index (χ2v) is 6.10. The number of aliphatic imine (C=N–C) groups is 1. The minimum Gasteiger partial charge on any atom is -0.494 e. The van der Waals surface area contributed by atoms with E-state index in [9.17, 15) is 0 Å². The number of benzene rings is 1. The molecule has 0 amide bonds. The molecule has 6 nitrogen and oxygen atoms in total. The molecule has 1 aliphatic rings. The highest BCUT2D eigenvalue weighted by molar-refractivity contribution is 6.38. The average Bonchev–Trinajstić information content (AvgIpc) is 2.59. The summed E-state index contributed by atoms with van der Waals surface area (Å²) in [6.07, 6.45) is 4.81. The van der Waals surface area contributed by atoms with E-state index in [0.29, 0.717) is 19.0 Å². The van der Waals surface area contributed by atoms with Gasteiger partial charge in [0.15, 0.2) is 11.7 Å². The third-order valence-electron chi connectivity index (χ3n) is 4.11.